The van der Waals surface area contributed by atoms with Gasteiger partial charge in [0, 0.05) is 12.1 Å². The van der Waals surface area contributed by atoms with Gasteiger partial charge >= 0.3 is 0 Å². The Morgan fingerprint density at radius 1 is 1.39 bits per heavy atom. The Kier molecular flexibility index (Phi) is 4.78. The van der Waals surface area contributed by atoms with Crippen LogP contribution in [-0.4, -0.2) is 23.2 Å². The summed E-state index contributed by atoms with van der Waals surface area (Å²) in [5.41, 5.74) is -1.27. The van der Waals surface area contributed by atoms with Crippen LogP contribution in [0.25, 0.3) is 0 Å². The minimum Gasteiger partial charge on any atom is -0.388 e. The van der Waals surface area contributed by atoms with E-state index >= 15 is 0 Å². The fourth-order valence-corrected chi connectivity index (χ4v) is 1.34. The number of nitrogens with one attached hydrogen (secondary N) is 1. The quantitative estimate of drug-likeness (QED) is 0.844. The van der Waals surface area contributed by atoms with Crippen molar-refractivity contribution < 1.29 is 18.7 Å². The standard InChI is InChI=1S/C13H17F2NO2/c1-3-13(2,18)8-16-12(17)7-9-10(14)5-4-6-11(9)15/h4-6,18H,3,7-8H2,1-2H3,(H,16,17). The van der Waals surface area contributed by atoms with Crippen LogP contribution < -0.4 is 5.32 Å². The molecule has 5 heteroatoms. The summed E-state index contributed by atoms with van der Waals surface area (Å²) in [6, 6.07) is 3.45. The number of hydrogen-bond acceptors (Lipinski definition) is 2. The maximum Gasteiger partial charge on any atom is 0.224 e. The van der Waals surface area contributed by atoms with E-state index in [1.54, 1.807) is 13.8 Å². The van der Waals surface area contributed by atoms with Crippen LogP contribution in [0.15, 0.2) is 18.2 Å². The average Bonchev–Trinajstić information content (AvgIpc) is 2.32. The largest absolute Gasteiger partial charge is 0.388 e. The van der Waals surface area contributed by atoms with E-state index in [9.17, 15) is 18.7 Å². The van der Waals surface area contributed by atoms with Crippen molar-refractivity contribution in [3.05, 3.63) is 35.4 Å². The monoisotopic (exact) mass is 257 g/mol. The first-order valence-electron chi connectivity index (χ1n) is 5.77. The second-order valence-electron chi connectivity index (χ2n) is 4.50. The summed E-state index contributed by atoms with van der Waals surface area (Å²) < 4.78 is 26.6. The predicted molar refractivity (Wildman–Crippen MR) is 64.0 cm³/mol. The second kappa shape index (κ2) is 5.91. The summed E-state index contributed by atoms with van der Waals surface area (Å²) >= 11 is 0. The topological polar surface area (TPSA) is 49.3 Å². The van der Waals surface area contributed by atoms with Crippen molar-refractivity contribution in [1.29, 1.82) is 0 Å². The minimum absolute atomic E-state index is 0.0540. The Balaban J connectivity index is 2.61. The molecule has 1 amide bonds. The zero-order valence-corrected chi connectivity index (χ0v) is 10.5. The van der Waals surface area contributed by atoms with Crippen molar-refractivity contribution in [2.75, 3.05) is 6.54 Å². The molecule has 0 heterocycles. The Morgan fingerprint density at radius 3 is 2.44 bits per heavy atom. The van der Waals surface area contributed by atoms with Crippen molar-refractivity contribution in [1.82, 2.24) is 5.32 Å². The number of rotatable bonds is 5. The lowest BCUT2D eigenvalue weighted by Gasteiger charge is -2.21. The third kappa shape index (κ3) is 4.07. The summed E-state index contributed by atoms with van der Waals surface area (Å²) in [6.45, 7) is 3.41. The van der Waals surface area contributed by atoms with Crippen molar-refractivity contribution in [3.63, 3.8) is 0 Å². The zero-order chi connectivity index (χ0) is 13.8. The van der Waals surface area contributed by atoms with Gasteiger partial charge < -0.3 is 10.4 Å². The highest BCUT2D eigenvalue weighted by atomic mass is 19.1. The number of amides is 1. The summed E-state index contributed by atoms with van der Waals surface area (Å²) in [5.74, 6) is -2.01. The number of aliphatic hydroxyl groups is 1. The SMILES string of the molecule is CCC(C)(O)CNC(=O)Cc1c(F)cccc1F. The number of halogens is 2. The molecule has 100 valence electrons. The molecule has 0 aliphatic heterocycles. The molecule has 1 unspecified atom stereocenters. The highest BCUT2D eigenvalue weighted by molar-refractivity contribution is 5.78. The van der Waals surface area contributed by atoms with E-state index in [1.165, 1.54) is 6.07 Å². The Bertz CT molecular complexity index is 413. The molecular formula is C13H17F2NO2. The molecule has 1 rings (SSSR count). The molecule has 0 bridgehead atoms. The number of carbonyl (C=O) groups excluding carboxylic acids is 1. The highest BCUT2D eigenvalue weighted by Gasteiger charge is 2.19. The van der Waals surface area contributed by atoms with E-state index in [4.69, 9.17) is 0 Å². The van der Waals surface area contributed by atoms with Gasteiger partial charge in [-0.15, -0.1) is 0 Å². The van der Waals surface area contributed by atoms with Crippen LogP contribution in [0.5, 0.6) is 0 Å². The van der Waals surface area contributed by atoms with Gasteiger partial charge in [-0.3, -0.25) is 4.79 Å². The summed E-state index contributed by atoms with van der Waals surface area (Å²) in [5, 5.41) is 12.1. The molecule has 0 aromatic heterocycles. The average molecular weight is 257 g/mol. The lowest BCUT2D eigenvalue weighted by molar-refractivity contribution is -0.121. The lowest BCUT2D eigenvalue weighted by atomic mass is 10.0. The van der Waals surface area contributed by atoms with Crippen molar-refractivity contribution in [3.8, 4) is 0 Å². The minimum atomic E-state index is -1.01. The Morgan fingerprint density at radius 2 is 1.94 bits per heavy atom. The maximum absolute atomic E-state index is 13.3. The molecule has 0 radical (unpaired) electrons. The molecule has 0 saturated carbocycles. The molecule has 0 aliphatic carbocycles. The molecule has 1 aromatic carbocycles. The van der Waals surface area contributed by atoms with E-state index < -0.39 is 23.1 Å². The fraction of sp³-hybridized carbons (Fsp3) is 0.462. The molecule has 1 aromatic rings. The van der Waals surface area contributed by atoms with Crippen molar-refractivity contribution in [2.24, 2.45) is 0 Å². The van der Waals surface area contributed by atoms with Crippen molar-refractivity contribution in [2.45, 2.75) is 32.3 Å². The molecule has 1 atom stereocenters. The summed E-state index contributed by atoms with van der Waals surface area (Å²) in [4.78, 5) is 11.5. The fourth-order valence-electron chi connectivity index (χ4n) is 1.34. The molecule has 0 spiro atoms. The smallest absolute Gasteiger partial charge is 0.224 e. The number of carbonyl (C=O) groups is 1. The summed E-state index contributed by atoms with van der Waals surface area (Å²) in [6.07, 6.45) is 0.0969. The number of hydrogen-bond donors (Lipinski definition) is 2. The van der Waals surface area contributed by atoms with Gasteiger partial charge in [-0.2, -0.15) is 0 Å². The Hall–Kier alpha value is -1.49. The predicted octanol–water partition coefficient (Wildman–Crippen LogP) is 1.78. The second-order valence-corrected chi connectivity index (χ2v) is 4.50. The van der Waals surface area contributed by atoms with Gasteiger partial charge in [-0.1, -0.05) is 13.0 Å². The highest BCUT2D eigenvalue weighted by Crippen LogP contribution is 2.13. The first kappa shape index (κ1) is 14.6. The molecule has 0 saturated heterocycles. The molecular weight excluding hydrogens is 240 g/mol. The van der Waals surface area contributed by atoms with Gasteiger partial charge in [0.25, 0.3) is 0 Å². The van der Waals surface area contributed by atoms with Gasteiger partial charge in [0.2, 0.25) is 5.91 Å². The van der Waals surface area contributed by atoms with Gasteiger partial charge in [-0.25, -0.2) is 8.78 Å². The van der Waals surface area contributed by atoms with Crippen LogP contribution in [0.1, 0.15) is 25.8 Å². The molecule has 3 nitrogen and oxygen atoms in total. The van der Waals surface area contributed by atoms with Crippen LogP contribution in [0.2, 0.25) is 0 Å². The van der Waals surface area contributed by atoms with Gasteiger partial charge in [-0.05, 0) is 25.5 Å². The van der Waals surface area contributed by atoms with E-state index in [2.05, 4.69) is 5.32 Å². The Labute approximate surface area is 105 Å². The van der Waals surface area contributed by atoms with E-state index in [-0.39, 0.29) is 18.5 Å². The third-order valence-corrected chi connectivity index (χ3v) is 2.83. The van der Waals surface area contributed by atoms with Crippen LogP contribution in [0.3, 0.4) is 0 Å². The molecule has 0 fully saturated rings. The molecule has 2 N–H and O–H groups in total. The zero-order valence-electron chi connectivity index (χ0n) is 10.5. The van der Waals surface area contributed by atoms with Crippen LogP contribution in [0, 0.1) is 11.6 Å². The maximum atomic E-state index is 13.3. The van der Waals surface area contributed by atoms with Crippen LogP contribution in [0.4, 0.5) is 8.78 Å². The van der Waals surface area contributed by atoms with E-state index in [1.807, 2.05) is 0 Å². The van der Waals surface area contributed by atoms with Gasteiger partial charge in [0.05, 0.1) is 12.0 Å². The summed E-state index contributed by atoms with van der Waals surface area (Å²) in [7, 11) is 0. The van der Waals surface area contributed by atoms with Crippen molar-refractivity contribution >= 4 is 5.91 Å². The normalized spacial score (nSPS) is 14.1. The third-order valence-electron chi connectivity index (χ3n) is 2.83. The molecule has 0 aliphatic rings. The molecule has 18 heavy (non-hydrogen) atoms. The van der Waals surface area contributed by atoms with Crippen LogP contribution in [-0.2, 0) is 11.2 Å². The van der Waals surface area contributed by atoms with Gasteiger partial charge in [0.1, 0.15) is 11.6 Å². The lowest BCUT2D eigenvalue weighted by Crippen LogP contribution is -2.40. The first-order chi connectivity index (χ1) is 8.35. The van der Waals surface area contributed by atoms with E-state index in [0.29, 0.717) is 6.42 Å². The first-order valence-corrected chi connectivity index (χ1v) is 5.77. The number of benzene rings is 1. The van der Waals surface area contributed by atoms with Gasteiger partial charge in [0.15, 0.2) is 0 Å². The van der Waals surface area contributed by atoms with Crippen LogP contribution >= 0.6 is 0 Å². The van der Waals surface area contributed by atoms with E-state index in [0.717, 1.165) is 12.1 Å².